The van der Waals surface area contributed by atoms with Crippen LogP contribution in [-0.2, 0) is 9.47 Å². The number of amides is 1. The summed E-state index contributed by atoms with van der Waals surface area (Å²) in [5.74, 6) is -0.751. The number of ether oxygens (including phenoxy) is 2. The summed E-state index contributed by atoms with van der Waals surface area (Å²) < 4.78 is 25.7. The minimum atomic E-state index is -0.493. The van der Waals surface area contributed by atoms with Crippen molar-refractivity contribution >= 4 is 22.5 Å². The van der Waals surface area contributed by atoms with Gasteiger partial charge in [0.1, 0.15) is 11.4 Å². The SMILES string of the molecule is O=C(c1c[nH]c2cc(N3CCOCC3)c(F)cc2c1=O)N1C[C@@H]2CCOC[C@]2(CO)C1. The molecule has 2 N–H and O–H groups in total. The Morgan fingerprint density at radius 3 is 2.81 bits per heavy atom. The van der Waals surface area contributed by atoms with Gasteiger partial charge in [0.15, 0.2) is 0 Å². The average Bonchev–Trinajstić information content (AvgIpc) is 3.20. The van der Waals surface area contributed by atoms with Crippen LogP contribution in [0.2, 0.25) is 0 Å². The molecule has 0 saturated carbocycles. The first kappa shape index (κ1) is 20.4. The van der Waals surface area contributed by atoms with Gasteiger partial charge >= 0.3 is 0 Å². The first-order chi connectivity index (χ1) is 15.0. The molecule has 1 amide bonds. The summed E-state index contributed by atoms with van der Waals surface area (Å²) >= 11 is 0. The molecule has 8 nitrogen and oxygen atoms in total. The van der Waals surface area contributed by atoms with E-state index in [1.807, 2.05) is 4.90 Å². The summed E-state index contributed by atoms with van der Waals surface area (Å²) in [6, 6.07) is 2.83. The lowest BCUT2D eigenvalue weighted by Crippen LogP contribution is -2.43. The van der Waals surface area contributed by atoms with E-state index in [0.29, 0.717) is 63.8 Å². The molecule has 9 heteroatoms. The fourth-order valence-corrected chi connectivity index (χ4v) is 5.08. The minimum absolute atomic E-state index is 0.0151. The van der Waals surface area contributed by atoms with Crippen LogP contribution in [0.15, 0.2) is 23.1 Å². The molecule has 3 aliphatic heterocycles. The average molecular weight is 431 g/mol. The van der Waals surface area contributed by atoms with Gasteiger partial charge in [0, 0.05) is 49.8 Å². The Balaban J connectivity index is 1.46. The largest absolute Gasteiger partial charge is 0.396 e. The molecule has 1 aromatic carbocycles. The molecular weight excluding hydrogens is 405 g/mol. The number of carbonyl (C=O) groups excluding carboxylic acids is 1. The number of aliphatic hydroxyl groups excluding tert-OH is 1. The zero-order valence-corrected chi connectivity index (χ0v) is 17.2. The summed E-state index contributed by atoms with van der Waals surface area (Å²) in [6.07, 6.45) is 2.19. The smallest absolute Gasteiger partial charge is 0.259 e. The summed E-state index contributed by atoms with van der Waals surface area (Å²) in [6.45, 7) is 3.98. The zero-order chi connectivity index (χ0) is 21.6. The maximum atomic E-state index is 14.8. The van der Waals surface area contributed by atoms with E-state index in [1.165, 1.54) is 12.3 Å². The van der Waals surface area contributed by atoms with Crippen LogP contribution in [0.1, 0.15) is 16.8 Å². The molecule has 0 bridgehead atoms. The highest BCUT2D eigenvalue weighted by Gasteiger charge is 2.49. The fraction of sp³-hybridized carbons (Fsp3) is 0.545. The van der Waals surface area contributed by atoms with E-state index in [-0.39, 0.29) is 23.5 Å². The van der Waals surface area contributed by atoms with Crippen LogP contribution in [-0.4, -0.2) is 80.1 Å². The van der Waals surface area contributed by atoms with Crippen molar-refractivity contribution in [3.8, 4) is 0 Å². The monoisotopic (exact) mass is 431 g/mol. The number of rotatable bonds is 3. The number of fused-ring (bicyclic) bond motifs is 2. The van der Waals surface area contributed by atoms with E-state index < -0.39 is 22.6 Å². The van der Waals surface area contributed by atoms with E-state index in [9.17, 15) is 19.1 Å². The third-order valence-corrected chi connectivity index (χ3v) is 6.95. The Labute approximate surface area is 178 Å². The van der Waals surface area contributed by atoms with Crippen molar-refractivity contribution in [1.82, 2.24) is 9.88 Å². The molecule has 3 aliphatic rings. The van der Waals surface area contributed by atoms with E-state index in [2.05, 4.69) is 4.98 Å². The molecule has 0 spiro atoms. The van der Waals surface area contributed by atoms with Gasteiger partial charge in [-0.1, -0.05) is 0 Å². The van der Waals surface area contributed by atoms with Crippen LogP contribution in [0.3, 0.4) is 0 Å². The second-order valence-corrected chi connectivity index (χ2v) is 8.72. The molecule has 166 valence electrons. The number of nitrogens with zero attached hydrogens (tertiary/aromatic N) is 2. The lowest BCUT2D eigenvalue weighted by atomic mass is 9.76. The van der Waals surface area contributed by atoms with Gasteiger partial charge in [-0.25, -0.2) is 4.39 Å². The topological polar surface area (TPSA) is 95.1 Å². The van der Waals surface area contributed by atoms with Crippen LogP contribution in [0, 0.1) is 17.2 Å². The van der Waals surface area contributed by atoms with Crippen molar-refractivity contribution in [2.75, 3.05) is 64.1 Å². The maximum Gasteiger partial charge on any atom is 0.259 e. The van der Waals surface area contributed by atoms with E-state index in [1.54, 1.807) is 11.0 Å². The number of aliphatic hydroxyl groups is 1. The fourth-order valence-electron chi connectivity index (χ4n) is 5.08. The lowest BCUT2D eigenvalue weighted by molar-refractivity contribution is -0.0557. The van der Waals surface area contributed by atoms with Crippen LogP contribution in [0.25, 0.3) is 10.9 Å². The highest BCUT2D eigenvalue weighted by Crippen LogP contribution is 2.41. The summed E-state index contributed by atoms with van der Waals surface area (Å²) in [5, 5.41) is 10.1. The first-order valence-corrected chi connectivity index (χ1v) is 10.7. The number of hydrogen-bond donors (Lipinski definition) is 2. The van der Waals surface area contributed by atoms with Crippen LogP contribution < -0.4 is 10.3 Å². The quantitative estimate of drug-likeness (QED) is 0.752. The number of morpholine rings is 1. The van der Waals surface area contributed by atoms with Crippen molar-refractivity contribution in [2.45, 2.75) is 6.42 Å². The van der Waals surface area contributed by atoms with Gasteiger partial charge in [-0.3, -0.25) is 9.59 Å². The number of anilines is 1. The molecule has 0 unspecified atom stereocenters. The number of H-pyrrole nitrogens is 1. The summed E-state index contributed by atoms with van der Waals surface area (Å²) in [4.78, 5) is 32.8. The number of nitrogens with one attached hydrogen (secondary N) is 1. The predicted molar refractivity (Wildman–Crippen MR) is 112 cm³/mol. The van der Waals surface area contributed by atoms with Crippen molar-refractivity contribution in [3.05, 3.63) is 39.9 Å². The van der Waals surface area contributed by atoms with Crippen LogP contribution in [0.5, 0.6) is 0 Å². The van der Waals surface area contributed by atoms with E-state index in [4.69, 9.17) is 9.47 Å². The van der Waals surface area contributed by atoms with Crippen molar-refractivity contribution in [2.24, 2.45) is 11.3 Å². The van der Waals surface area contributed by atoms with Crippen molar-refractivity contribution in [3.63, 3.8) is 0 Å². The van der Waals surface area contributed by atoms with E-state index >= 15 is 0 Å². The number of aromatic nitrogens is 1. The molecule has 1 aromatic heterocycles. The van der Waals surface area contributed by atoms with Gasteiger partial charge in [0.25, 0.3) is 5.91 Å². The Kier molecular flexibility index (Phi) is 5.19. The number of benzene rings is 1. The number of halogens is 1. The number of carbonyl (C=O) groups is 1. The van der Waals surface area contributed by atoms with Gasteiger partial charge in [0.2, 0.25) is 5.43 Å². The zero-order valence-electron chi connectivity index (χ0n) is 17.2. The molecule has 4 heterocycles. The van der Waals surface area contributed by atoms with Crippen molar-refractivity contribution in [1.29, 1.82) is 0 Å². The molecule has 5 rings (SSSR count). The molecule has 2 atom stereocenters. The molecule has 31 heavy (non-hydrogen) atoms. The molecular formula is C22H26FN3O5. The Hall–Kier alpha value is -2.49. The minimum Gasteiger partial charge on any atom is -0.396 e. The predicted octanol–water partition coefficient (Wildman–Crippen LogP) is 0.975. The van der Waals surface area contributed by atoms with Crippen molar-refractivity contribution < 1.29 is 23.8 Å². The van der Waals surface area contributed by atoms with Gasteiger partial charge in [-0.2, -0.15) is 0 Å². The van der Waals surface area contributed by atoms with Crippen LogP contribution >= 0.6 is 0 Å². The van der Waals surface area contributed by atoms with Gasteiger partial charge in [-0.05, 0) is 24.5 Å². The Bertz CT molecular complexity index is 1070. The Morgan fingerprint density at radius 2 is 2.06 bits per heavy atom. The highest BCUT2D eigenvalue weighted by atomic mass is 19.1. The Morgan fingerprint density at radius 1 is 1.26 bits per heavy atom. The van der Waals surface area contributed by atoms with Gasteiger partial charge < -0.3 is 29.4 Å². The van der Waals surface area contributed by atoms with Gasteiger partial charge in [-0.15, -0.1) is 0 Å². The molecule has 0 aliphatic carbocycles. The third-order valence-electron chi connectivity index (χ3n) is 6.95. The molecule has 2 aromatic rings. The van der Waals surface area contributed by atoms with Crippen LogP contribution in [0.4, 0.5) is 10.1 Å². The second-order valence-electron chi connectivity index (χ2n) is 8.72. The normalized spacial score (nSPS) is 26.3. The summed E-state index contributed by atoms with van der Waals surface area (Å²) in [5.41, 5.74) is -0.0794. The molecule has 0 radical (unpaired) electrons. The second kappa shape index (κ2) is 7.89. The molecule has 3 fully saturated rings. The van der Waals surface area contributed by atoms with Gasteiger partial charge in [0.05, 0.1) is 37.6 Å². The molecule has 3 saturated heterocycles. The standard InChI is InChI=1S/C22H26FN3O5/c23-17-7-15-18(8-19(17)25-2-5-30-6-3-25)24-9-16(20(15)28)21(29)26-10-14-1-4-31-13-22(14,11-26)12-27/h7-9,14,27H,1-6,10-13H2,(H,24,28)/t14-,22+/m0/s1. The highest BCUT2D eigenvalue weighted by molar-refractivity contribution is 5.97. The lowest BCUT2D eigenvalue weighted by Gasteiger charge is -2.36. The number of hydrogen-bond acceptors (Lipinski definition) is 6. The first-order valence-electron chi connectivity index (χ1n) is 10.7. The third kappa shape index (κ3) is 3.40. The number of likely N-dealkylation sites (tertiary alicyclic amines) is 1. The summed E-state index contributed by atoms with van der Waals surface area (Å²) in [7, 11) is 0. The van der Waals surface area contributed by atoms with E-state index in [0.717, 1.165) is 6.42 Å². The number of aromatic amines is 1. The maximum absolute atomic E-state index is 14.8. The number of pyridine rings is 1.